The first kappa shape index (κ1) is 15.5. The van der Waals surface area contributed by atoms with Gasteiger partial charge in [-0.25, -0.2) is 0 Å². The molecule has 1 heterocycles. The standard InChI is InChI=1S/C16H21N3O2S/c17-10-13-12-2-1-3-14(12)22-16(13)18-15(21)6-7-19(8-9-20)11-4-5-11/h11,20H,1-9H2,(H,18,21). The van der Waals surface area contributed by atoms with E-state index in [1.54, 1.807) is 11.3 Å². The molecule has 0 radical (unpaired) electrons. The summed E-state index contributed by atoms with van der Waals surface area (Å²) in [4.78, 5) is 15.6. The Kier molecular flexibility index (Phi) is 4.77. The van der Waals surface area contributed by atoms with Gasteiger partial charge in [-0.05, 0) is 37.7 Å². The summed E-state index contributed by atoms with van der Waals surface area (Å²) in [6, 6.07) is 2.79. The van der Waals surface area contributed by atoms with E-state index in [1.165, 1.54) is 4.88 Å². The molecule has 2 N–H and O–H groups in total. The molecule has 0 bridgehead atoms. The van der Waals surface area contributed by atoms with Crippen LogP contribution in [0, 0.1) is 11.3 Å². The van der Waals surface area contributed by atoms with Crippen LogP contribution in [-0.4, -0.2) is 41.7 Å². The molecule has 1 fully saturated rings. The summed E-state index contributed by atoms with van der Waals surface area (Å²) >= 11 is 1.56. The van der Waals surface area contributed by atoms with Gasteiger partial charge >= 0.3 is 0 Å². The number of aliphatic hydroxyl groups excluding tert-OH is 1. The number of aryl methyl sites for hydroxylation is 1. The van der Waals surface area contributed by atoms with Crippen molar-refractivity contribution in [1.29, 1.82) is 5.26 Å². The van der Waals surface area contributed by atoms with Gasteiger partial charge < -0.3 is 10.4 Å². The van der Waals surface area contributed by atoms with Crippen LogP contribution in [0.2, 0.25) is 0 Å². The second-order valence-electron chi connectivity index (χ2n) is 5.96. The summed E-state index contributed by atoms with van der Waals surface area (Å²) in [6.45, 7) is 1.44. The first-order valence-electron chi connectivity index (χ1n) is 7.92. The fourth-order valence-corrected chi connectivity index (χ4v) is 4.35. The molecule has 22 heavy (non-hydrogen) atoms. The van der Waals surface area contributed by atoms with Gasteiger partial charge in [0.2, 0.25) is 5.91 Å². The van der Waals surface area contributed by atoms with E-state index in [4.69, 9.17) is 5.11 Å². The number of amides is 1. The fraction of sp³-hybridized carbons (Fsp3) is 0.625. The lowest BCUT2D eigenvalue weighted by Gasteiger charge is -2.20. The second-order valence-corrected chi connectivity index (χ2v) is 7.07. The SMILES string of the molecule is N#Cc1c(NC(=O)CCN(CCO)C2CC2)sc2c1CCC2. The molecule has 1 aromatic heterocycles. The number of nitriles is 1. The van der Waals surface area contributed by atoms with Crippen LogP contribution in [0.5, 0.6) is 0 Å². The highest BCUT2D eigenvalue weighted by Gasteiger charge is 2.29. The number of hydrogen-bond acceptors (Lipinski definition) is 5. The molecule has 2 aliphatic carbocycles. The van der Waals surface area contributed by atoms with Crippen molar-refractivity contribution in [3.05, 3.63) is 16.0 Å². The Hall–Kier alpha value is -1.42. The molecule has 1 aromatic rings. The number of fused-ring (bicyclic) bond motifs is 1. The van der Waals surface area contributed by atoms with Gasteiger partial charge in [0.25, 0.3) is 0 Å². The van der Waals surface area contributed by atoms with Crippen molar-refractivity contribution >= 4 is 22.2 Å². The topological polar surface area (TPSA) is 76.4 Å². The molecule has 5 nitrogen and oxygen atoms in total. The van der Waals surface area contributed by atoms with E-state index in [2.05, 4.69) is 16.3 Å². The summed E-state index contributed by atoms with van der Waals surface area (Å²) in [5, 5.41) is 22.0. The normalized spacial score (nSPS) is 16.6. The number of nitrogens with one attached hydrogen (secondary N) is 1. The second kappa shape index (κ2) is 6.78. The van der Waals surface area contributed by atoms with Crippen LogP contribution >= 0.6 is 11.3 Å². The molecule has 0 aliphatic heterocycles. The molecular formula is C16H21N3O2S. The Labute approximate surface area is 134 Å². The minimum atomic E-state index is -0.0417. The quantitative estimate of drug-likeness (QED) is 0.805. The van der Waals surface area contributed by atoms with Gasteiger partial charge in [0, 0.05) is 30.4 Å². The molecule has 1 amide bonds. The predicted molar refractivity (Wildman–Crippen MR) is 86.0 cm³/mol. The molecule has 118 valence electrons. The van der Waals surface area contributed by atoms with E-state index in [0.717, 1.165) is 42.7 Å². The third-order valence-electron chi connectivity index (χ3n) is 4.36. The fourth-order valence-electron chi connectivity index (χ4n) is 3.09. The Morgan fingerprint density at radius 2 is 2.23 bits per heavy atom. The number of anilines is 1. The number of nitrogens with zero attached hydrogens (tertiary/aromatic N) is 2. The monoisotopic (exact) mass is 319 g/mol. The largest absolute Gasteiger partial charge is 0.395 e. The zero-order valence-electron chi connectivity index (χ0n) is 12.6. The minimum Gasteiger partial charge on any atom is -0.395 e. The van der Waals surface area contributed by atoms with Crippen molar-refractivity contribution in [2.24, 2.45) is 0 Å². The van der Waals surface area contributed by atoms with Crippen molar-refractivity contribution < 1.29 is 9.90 Å². The maximum atomic E-state index is 12.2. The lowest BCUT2D eigenvalue weighted by Crippen LogP contribution is -2.32. The van der Waals surface area contributed by atoms with Crippen molar-refractivity contribution in [1.82, 2.24) is 4.90 Å². The van der Waals surface area contributed by atoms with Crippen LogP contribution in [0.3, 0.4) is 0 Å². The zero-order chi connectivity index (χ0) is 15.5. The summed E-state index contributed by atoms with van der Waals surface area (Å²) in [5.74, 6) is -0.0417. The van der Waals surface area contributed by atoms with E-state index in [-0.39, 0.29) is 12.5 Å². The highest BCUT2D eigenvalue weighted by Crippen LogP contribution is 2.38. The average Bonchev–Trinajstić information content (AvgIpc) is 3.16. The number of hydrogen-bond donors (Lipinski definition) is 2. The van der Waals surface area contributed by atoms with E-state index in [0.29, 0.717) is 31.1 Å². The lowest BCUT2D eigenvalue weighted by atomic mass is 10.1. The summed E-state index contributed by atoms with van der Waals surface area (Å²) in [5.41, 5.74) is 1.81. The summed E-state index contributed by atoms with van der Waals surface area (Å²) in [7, 11) is 0. The van der Waals surface area contributed by atoms with Crippen LogP contribution in [0.1, 0.15) is 41.7 Å². The Morgan fingerprint density at radius 3 is 2.91 bits per heavy atom. The summed E-state index contributed by atoms with van der Waals surface area (Å²) in [6.07, 6.45) is 5.83. The Bertz CT molecular complexity index is 601. The highest BCUT2D eigenvalue weighted by molar-refractivity contribution is 7.16. The molecule has 0 aromatic carbocycles. The predicted octanol–water partition coefficient (Wildman–Crippen LogP) is 1.89. The van der Waals surface area contributed by atoms with Gasteiger partial charge in [0.1, 0.15) is 11.1 Å². The first-order chi connectivity index (χ1) is 10.7. The summed E-state index contributed by atoms with van der Waals surface area (Å²) < 4.78 is 0. The van der Waals surface area contributed by atoms with E-state index in [1.807, 2.05) is 0 Å². The number of thiophene rings is 1. The van der Waals surface area contributed by atoms with Crippen molar-refractivity contribution in [3.8, 4) is 6.07 Å². The van der Waals surface area contributed by atoms with Crippen molar-refractivity contribution in [2.45, 2.75) is 44.6 Å². The molecular weight excluding hydrogens is 298 g/mol. The third kappa shape index (κ3) is 3.32. The Balaban J connectivity index is 1.57. The van der Waals surface area contributed by atoms with Crippen LogP contribution in [0.25, 0.3) is 0 Å². The molecule has 1 saturated carbocycles. The van der Waals surface area contributed by atoms with Gasteiger partial charge in [-0.1, -0.05) is 0 Å². The van der Waals surface area contributed by atoms with Crippen LogP contribution in [-0.2, 0) is 17.6 Å². The molecule has 2 aliphatic rings. The van der Waals surface area contributed by atoms with Gasteiger partial charge in [-0.3, -0.25) is 9.69 Å². The van der Waals surface area contributed by atoms with Crippen molar-refractivity contribution in [2.75, 3.05) is 25.0 Å². The smallest absolute Gasteiger partial charge is 0.226 e. The van der Waals surface area contributed by atoms with E-state index < -0.39 is 0 Å². The number of aliphatic hydroxyl groups is 1. The highest BCUT2D eigenvalue weighted by atomic mass is 32.1. The van der Waals surface area contributed by atoms with Crippen LogP contribution in [0.4, 0.5) is 5.00 Å². The lowest BCUT2D eigenvalue weighted by molar-refractivity contribution is -0.116. The van der Waals surface area contributed by atoms with Gasteiger partial charge in [-0.15, -0.1) is 11.3 Å². The number of carbonyl (C=O) groups is 1. The van der Waals surface area contributed by atoms with Crippen LogP contribution in [0.15, 0.2) is 0 Å². The van der Waals surface area contributed by atoms with Gasteiger partial charge in [0.05, 0.1) is 12.2 Å². The molecule has 0 unspecified atom stereocenters. The van der Waals surface area contributed by atoms with Gasteiger partial charge in [-0.2, -0.15) is 5.26 Å². The van der Waals surface area contributed by atoms with E-state index >= 15 is 0 Å². The molecule has 6 heteroatoms. The molecule has 0 saturated heterocycles. The molecule has 0 spiro atoms. The molecule has 3 rings (SSSR count). The average molecular weight is 319 g/mol. The minimum absolute atomic E-state index is 0.0417. The number of rotatable bonds is 7. The maximum Gasteiger partial charge on any atom is 0.226 e. The van der Waals surface area contributed by atoms with Crippen molar-refractivity contribution in [3.63, 3.8) is 0 Å². The third-order valence-corrected chi connectivity index (χ3v) is 5.57. The number of carbonyl (C=O) groups excluding carboxylic acids is 1. The van der Waals surface area contributed by atoms with Crippen LogP contribution < -0.4 is 5.32 Å². The first-order valence-corrected chi connectivity index (χ1v) is 8.74. The zero-order valence-corrected chi connectivity index (χ0v) is 13.4. The van der Waals surface area contributed by atoms with Gasteiger partial charge in [0.15, 0.2) is 0 Å². The molecule has 0 atom stereocenters. The maximum absolute atomic E-state index is 12.2. The van der Waals surface area contributed by atoms with E-state index in [9.17, 15) is 10.1 Å². The Morgan fingerprint density at radius 1 is 1.41 bits per heavy atom.